The summed E-state index contributed by atoms with van der Waals surface area (Å²) >= 11 is 3.44. The fourth-order valence-corrected chi connectivity index (χ4v) is 3.13. The molecule has 1 N–H and O–H groups in total. The Bertz CT molecular complexity index is 1110. The van der Waals surface area contributed by atoms with Crippen molar-refractivity contribution in [1.29, 1.82) is 0 Å². The first-order valence-electron chi connectivity index (χ1n) is 8.67. The summed E-state index contributed by atoms with van der Waals surface area (Å²) in [5.74, 6) is 1.21. The lowest BCUT2D eigenvalue weighted by molar-refractivity contribution is 0.233. The summed E-state index contributed by atoms with van der Waals surface area (Å²) in [6, 6.07) is 9.67. The van der Waals surface area contributed by atoms with Gasteiger partial charge in [0.05, 0.1) is 25.1 Å². The molecule has 4 rings (SSSR count). The van der Waals surface area contributed by atoms with E-state index < -0.39 is 0 Å². The van der Waals surface area contributed by atoms with E-state index in [0.717, 1.165) is 26.8 Å². The molecule has 0 fully saturated rings. The zero-order valence-electron chi connectivity index (χ0n) is 14.9. The quantitative estimate of drug-likeness (QED) is 0.393. The van der Waals surface area contributed by atoms with E-state index in [1.165, 1.54) is 6.26 Å². The standard InChI is InChI=1S/C20H17BrN4O3/c1-2-13-6-3-4-7-18(13)26-8-5-9-27-20-15(12-28-25-20)16-10-14-17(11-22-16)23-24-19(14)21/h2-4,6-7,10-12H,1,5,8-9H2,(H,23,24). The highest BCUT2D eigenvalue weighted by molar-refractivity contribution is 9.10. The van der Waals surface area contributed by atoms with Crippen LogP contribution in [0.15, 0.2) is 58.5 Å². The van der Waals surface area contributed by atoms with Gasteiger partial charge < -0.3 is 14.0 Å². The monoisotopic (exact) mass is 440 g/mol. The summed E-state index contributed by atoms with van der Waals surface area (Å²) in [5.41, 5.74) is 3.12. The molecule has 0 atom stereocenters. The Hall–Kier alpha value is -3.13. The van der Waals surface area contributed by atoms with Crippen molar-refractivity contribution >= 4 is 32.9 Å². The van der Waals surface area contributed by atoms with Crippen LogP contribution in [0, 0.1) is 0 Å². The normalized spacial score (nSPS) is 10.9. The first-order valence-corrected chi connectivity index (χ1v) is 9.47. The van der Waals surface area contributed by atoms with E-state index in [2.05, 4.69) is 42.8 Å². The molecule has 0 unspecified atom stereocenters. The first kappa shape index (κ1) is 18.2. The summed E-state index contributed by atoms with van der Waals surface area (Å²) in [4.78, 5) is 4.41. The summed E-state index contributed by atoms with van der Waals surface area (Å²) in [6.07, 6.45) is 5.68. The van der Waals surface area contributed by atoms with Crippen LogP contribution in [-0.4, -0.2) is 33.6 Å². The maximum atomic E-state index is 5.79. The number of halogens is 1. The molecule has 142 valence electrons. The molecule has 1 aromatic carbocycles. The number of ether oxygens (including phenoxy) is 2. The molecular formula is C20H17BrN4O3. The van der Waals surface area contributed by atoms with Gasteiger partial charge in [0.15, 0.2) is 0 Å². The topological polar surface area (TPSA) is 86.1 Å². The van der Waals surface area contributed by atoms with Crippen molar-refractivity contribution in [3.05, 3.63) is 59.5 Å². The molecule has 4 aromatic rings. The van der Waals surface area contributed by atoms with Crippen LogP contribution in [0.1, 0.15) is 12.0 Å². The lowest BCUT2D eigenvalue weighted by atomic mass is 10.2. The van der Waals surface area contributed by atoms with Crippen LogP contribution in [0.4, 0.5) is 0 Å². The lowest BCUT2D eigenvalue weighted by Crippen LogP contribution is -2.06. The summed E-state index contributed by atoms with van der Waals surface area (Å²) in [6.45, 7) is 4.75. The minimum absolute atomic E-state index is 0.401. The maximum Gasteiger partial charge on any atom is 0.263 e. The van der Waals surface area contributed by atoms with E-state index in [9.17, 15) is 0 Å². The van der Waals surface area contributed by atoms with Crippen molar-refractivity contribution in [2.24, 2.45) is 0 Å². The van der Waals surface area contributed by atoms with Gasteiger partial charge in [0, 0.05) is 17.4 Å². The van der Waals surface area contributed by atoms with Crippen LogP contribution < -0.4 is 9.47 Å². The second-order valence-corrected chi connectivity index (χ2v) is 6.74. The second-order valence-electron chi connectivity index (χ2n) is 5.95. The fraction of sp³-hybridized carbons (Fsp3) is 0.150. The van der Waals surface area contributed by atoms with Crippen LogP contribution >= 0.6 is 15.9 Å². The number of hydrogen-bond acceptors (Lipinski definition) is 6. The number of rotatable bonds is 8. The molecular weight excluding hydrogens is 424 g/mol. The molecule has 3 heterocycles. The Balaban J connectivity index is 1.37. The molecule has 0 bridgehead atoms. The average molecular weight is 441 g/mol. The third kappa shape index (κ3) is 3.77. The van der Waals surface area contributed by atoms with Crippen LogP contribution in [0.2, 0.25) is 0 Å². The fourth-order valence-electron chi connectivity index (χ4n) is 2.72. The van der Waals surface area contributed by atoms with E-state index >= 15 is 0 Å². The number of pyridine rings is 1. The largest absolute Gasteiger partial charge is 0.493 e. The van der Waals surface area contributed by atoms with Crippen LogP contribution in [0.25, 0.3) is 28.2 Å². The molecule has 8 heteroatoms. The van der Waals surface area contributed by atoms with Crippen LogP contribution in [0.3, 0.4) is 0 Å². The summed E-state index contributed by atoms with van der Waals surface area (Å²) in [7, 11) is 0. The van der Waals surface area contributed by atoms with Gasteiger partial charge in [-0.15, -0.1) is 0 Å². The molecule has 0 saturated carbocycles. The van der Waals surface area contributed by atoms with Crippen LogP contribution in [0.5, 0.6) is 11.6 Å². The lowest BCUT2D eigenvalue weighted by Gasteiger charge is -2.09. The highest BCUT2D eigenvalue weighted by Gasteiger charge is 2.15. The van der Waals surface area contributed by atoms with Gasteiger partial charge in [0.2, 0.25) is 0 Å². The number of aromatic amines is 1. The Morgan fingerprint density at radius 1 is 1.21 bits per heavy atom. The van der Waals surface area contributed by atoms with Crippen molar-refractivity contribution in [3.63, 3.8) is 0 Å². The Kier molecular flexibility index (Phi) is 5.38. The number of benzene rings is 1. The minimum atomic E-state index is 0.401. The third-order valence-electron chi connectivity index (χ3n) is 4.13. The summed E-state index contributed by atoms with van der Waals surface area (Å²) < 4.78 is 17.4. The molecule has 0 amide bonds. The average Bonchev–Trinajstić information content (AvgIpc) is 3.34. The number of H-pyrrole nitrogens is 1. The summed E-state index contributed by atoms with van der Waals surface area (Å²) in [5, 5.41) is 11.9. The highest BCUT2D eigenvalue weighted by atomic mass is 79.9. The van der Waals surface area contributed by atoms with Gasteiger partial charge in [-0.05, 0) is 33.2 Å². The van der Waals surface area contributed by atoms with Crippen LogP contribution in [-0.2, 0) is 0 Å². The van der Waals surface area contributed by atoms with E-state index in [0.29, 0.717) is 36.8 Å². The van der Waals surface area contributed by atoms with E-state index in [1.54, 1.807) is 12.3 Å². The number of hydrogen-bond donors (Lipinski definition) is 1. The highest BCUT2D eigenvalue weighted by Crippen LogP contribution is 2.31. The number of para-hydroxylation sites is 1. The molecule has 7 nitrogen and oxygen atoms in total. The van der Waals surface area contributed by atoms with Gasteiger partial charge in [-0.2, -0.15) is 5.10 Å². The van der Waals surface area contributed by atoms with E-state index in [4.69, 9.17) is 14.0 Å². The van der Waals surface area contributed by atoms with Crippen molar-refractivity contribution in [2.45, 2.75) is 6.42 Å². The molecule has 0 aliphatic carbocycles. The predicted octanol–water partition coefficient (Wildman–Crippen LogP) is 4.87. The minimum Gasteiger partial charge on any atom is -0.493 e. The molecule has 28 heavy (non-hydrogen) atoms. The zero-order chi connectivity index (χ0) is 19.3. The van der Waals surface area contributed by atoms with Crippen molar-refractivity contribution < 1.29 is 14.0 Å². The number of aromatic nitrogens is 4. The van der Waals surface area contributed by atoms with Crippen molar-refractivity contribution in [2.75, 3.05) is 13.2 Å². The molecule has 0 saturated heterocycles. The van der Waals surface area contributed by atoms with Gasteiger partial charge in [-0.1, -0.05) is 30.9 Å². The van der Waals surface area contributed by atoms with Gasteiger partial charge in [0.25, 0.3) is 5.88 Å². The van der Waals surface area contributed by atoms with Gasteiger partial charge >= 0.3 is 0 Å². The molecule has 0 spiro atoms. The van der Waals surface area contributed by atoms with Gasteiger partial charge in [0.1, 0.15) is 27.7 Å². The third-order valence-corrected chi connectivity index (χ3v) is 4.73. The number of fused-ring (bicyclic) bond motifs is 1. The zero-order valence-corrected chi connectivity index (χ0v) is 16.5. The van der Waals surface area contributed by atoms with Gasteiger partial charge in [-0.25, -0.2) is 0 Å². The first-order chi connectivity index (χ1) is 13.8. The SMILES string of the molecule is C=Cc1ccccc1OCCCOc1nocc1-c1cc2c(Br)[nH]nc2cn1. The van der Waals surface area contributed by atoms with Gasteiger partial charge in [-0.3, -0.25) is 10.1 Å². The Morgan fingerprint density at radius 2 is 2.07 bits per heavy atom. The predicted molar refractivity (Wildman–Crippen MR) is 109 cm³/mol. The molecule has 0 aliphatic rings. The second kappa shape index (κ2) is 8.26. The Labute approximate surface area is 169 Å². The maximum absolute atomic E-state index is 5.79. The van der Waals surface area contributed by atoms with E-state index in [-0.39, 0.29) is 0 Å². The van der Waals surface area contributed by atoms with E-state index in [1.807, 2.05) is 30.3 Å². The number of nitrogens with zero attached hydrogens (tertiary/aromatic N) is 3. The molecule has 3 aromatic heterocycles. The Morgan fingerprint density at radius 3 is 2.96 bits per heavy atom. The van der Waals surface area contributed by atoms with Crippen molar-refractivity contribution in [3.8, 4) is 22.9 Å². The number of nitrogens with one attached hydrogen (secondary N) is 1. The molecule has 0 aliphatic heterocycles. The molecule has 0 radical (unpaired) electrons. The smallest absolute Gasteiger partial charge is 0.263 e. The van der Waals surface area contributed by atoms with Crippen molar-refractivity contribution in [1.82, 2.24) is 20.3 Å².